The number of nitrogens with zero attached hydrogens (tertiary/aromatic N) is 2. The normalized spacial score (nSPS) is 11.6. The lowest BCUT2D eigenvalue weighted by atomic mass is 9.99. The van der Waals surface area contributed by atoms with Crippen LogP contribution in [0.25, 0.3) is 10.9 Å². The number of carbonyl (C=O) groups is 1. The number of para-hydroxylation sites is 1. The van der Waals surface area contributed by atoms with Crippen LogP contribution >= 0.6 is 23.4 Å². The van der Waals surface area contributed by atoms with Crippen LogP contribution in [0.3, 0.4) is 0 Å². The van der Waals surface area contributed by atoms with Gasteiger partial charge in [-0.25, -0.2) is 4.39 Å². The van der Waals surface area contributed by atoms with Gasteiger partial charge in [-0.2, -0.15) is 8.78 Å². The number of amides is 1. The Kier molecular flexibility index (Phi) is 7.10. The maximum Gasteiger partial charge on any atom is 0.290 e. The number of rotatable bonds is 6. The van der Waals surface area contributed by atoms with Crippen LogP contribution in [0.5, 0.6) is 0 Å². The molecule has 0 aliphatic heterocycles. The van der Waals surface area contributed by atoms with Crippen molar-refractivity contribution in [3.63, 3.8) is 0 Å². The number of carbonyl (C=O) groups excluding carboxylic acids is 1. The molecule has 0 aliphatic carbocycles. The van der Waals surface area contributed by atoms with Crippen LogP contribution < -0.4 is 0 Å². The second-order valence-corrected chi connectivity index (χ2v) is 9.90. The van der Waals surface area contributed by atoms with E-state index in [0.29, 0.717) is 26.3 Å². The van der Waals surface area contributed by atoms with Gasteiger partial charge in [0, 0.05) is 34.0 Å². The standard InChI is InChI=1S/C27H22ClF3N2OS/c1-16-8-10-20(17(2)12-16)27(30,31)15-33(3)26(34)25-19-6-4-5-7-23(19)32-14-24(25)35-18-9-11-22(29)21(28)13-18/h4-14H,15H2,1-3H3. The predicted molar refractivity (Wildman–Crippen MR) is 134 cm³/mol. The molecule has 0 aliphatic rings. The summed E-state index contributed by atoms with van der Waals surface area (Å²) in [5.41, 5.74) is 2.05. The predicted octanol–water partition coefficient (Wildman–Crippen LogP) is 7.66. The number of hydrogen-bond donors (Lipinski definition) is 0. The van der Waals surface area contributed by atoms with E-state index in [4.69, 9.17) is 11.6 Å². The average molecular weight is 515 g/mol. The molecule has 4 rings (SSSR count). The Hall–Kier alpha value is -3.03. The fourth-order valence-electron chi connectivity index (χ4n) is 3.96. The van der Waals surface area contributed by atoms with Gasteiger partial charge in [0.1, 0.15) is 5.82 Å². The molecule has 0 fully saturated rings. The lowest BCUT2D eigenvalue weighted by Crippen LogP contribution is -2.37. The van der Waals surface area contributed by atoms with Crippen molar-refractivity contribution in [2.75, 3.05) is 13.6 Å². The lowest BCUT2D eigenvalue weighted by molar-refractivity contribution is -0.0285. The fraction of sp³-hybridized carbons (Fsp3) is 0.185. The number of aromatic nitrogens is 1. The van der Waals surface area contributed by atoms with Gasteiger partial charge in [-0.1, -0.05) is 65.3 Å². The number of aryl methyl sites for hydroxylation is 2. The number of benzene rings is 3. The molecule has 1 aromatic heterocycles. The molecule has 35 heavy (non-hydrogen) atoms. The van der Waals surface area contributed by atoms with Gasteiger partial charge in [-0.3, -0.25) is 9.78 Å². The minimum Gasteiger partial charge on any atom is -0.335 e. The summed E-state index contributed by atoms with van der Waals surface area (Å²) >= 11 is 7.09. The van der Waals surface area contributed by atoms with Crippen LogP contribution in [-0.4, -0.2) is 29.4 Å². The van der Waals surface area contributed by atoms with Crippen LogP contribution in [0.2, 0.25) is 5.02 Å². The summed E-state index contributed by atoms with van der Waals surface area (Å²) in [6.45, 7) is 2.68. The van der Waals surface area contributed by atoms with E-state index in [-0.39, 0.29) is 16.1 Å². The number of fused-ring (bicyclic) bond motifs is 1. The van der Waals surface area contributed by atoms with Crippen LogP contribution in [0.15, 0.2) is 76.7 Å². The molecule has 1 amide bonds. The Balaban J connectivity index is 1.72. The highest BCUT2D eigenvalue weighted by Gasteiger charge is 2.36. The first kappa shape index (κ1) is 25.1. The molecular formula is C27H22ClF3N2OS. The Bertz CT molecular complexity index is 1430. The van der Waals surface area contributed by atoms with E-state index < -0.39 is 24.2 Å². The van der Waals surface area contributed by atoms with Crippen molar-refractivity contribution < 1.29 is 18.0 Å². The zero-order valence-electron chi connectivity index (χ0n) is 19.3. The zero-order chi connectivity index (χ0) is 25.3. The molecular weight excluding hydrogens is 493 g/mol. The Morgan fingerprint density at radius 3 is 2.54 bits per heavy atom. The molecule has 0 bridgehead atoms. The van der Waals surface area contributed by atoms with Gasteiger partial charge in [-0.15, -0.1) is 0 Å². The SMILES string of the molecule is Cc1ccc(C(F)(F)CN(C)C(=O)c2c(Sc3ccc(F)c(Cl)c3)cnc3ccccc23)c(C)c1. The van der Waals surface area contributed by atoms with Crippen LogP contribution in [0, 0.1) is 19.7 Å². The maximum absolute atomic E-state index is 15.3. The number of pyridine rings is 1. The van der Waals surface area contributed by atoms with Gasteiger partial charge < -0.3 is 4.90 Å². The first-order chi connectivity index (χ1) is 16.6. The molecule has 0 saturated heterocycles. The first-order valence-corrected chi connectivity index (χ1v) is 12.0. The average Bonchev–Trinajstić information content (AvgIpc) is 2.80. The Morgan fingerprint density at radius 2 is 1.83 bits per heavy atom. The molecule has 3 aromatic carbocycles. The van der Waals surface area contributed by atoms with Crippen LogP contribution in [0.1, 0.15) is 27.0 Å². The lowest BCUT2D eigenvalue weighted by Gasteiger charge is -2.26. The largest absolute Gasteiger partial charge is 0.335 e. The van der Waals surface area contributed by atoms with Gasteiger partial charge >= 0.3 is 0 Å². The quantitative estimate of drug-likeness (QED) is 0.265. The molecule has 3 nitrogen and oxygen atoms in total. The third-order valence-corrected chi connectivity index (χ3v) is 6.94. The monoisotopic (exact) mass is 514 g/mol. The van der Waals surface area contributed by atoms with Gasteiger partial charge in [0.15, 0.2) is 0 Å². The van der Waals surface area contributed by atoms with Crippen molar-refractivity contribution >= 4 is 40.2 Å². The zero-order valence-corrected chi connectivity index (χ0v) is 20.9. The number of alkyl halides is 2. The smallest absolute Gasteiger partial charge is 0.290 e. The highest BCUT2D eigenvalue weighted by atomic mass is 35.5. The molecule has 180 valence electrons. The van der Waals surface area contributed by atoms with Crippen LogP contribution in [-0.2, 0) is 5.92 Å². The minimum atomic E-state index is -3.25. The topological polar surface area (TPSA) is 33.2 Å². The highest BCUT2D eigenvalue weighted by molar-refractivity contribution is 7.99. The van der Waals surface area contributed by atoms with E-state index >= 15 is 8.78 Å². The summed E-state index contributed by atoms with van der Waals surface area (Å²) in [5, 5.41) is 0.485. The maximum atomic E-state index is 15.3. The fourth-order valence-corrected chi connectivity index (χ4v) is 5.17. The van der Waals surface area contributed by atoms with Crippen LogP contribution in [0.4, 0.5) is 13.2 Å². The van der Waals surface area contributed by atoms with E-state index in [1.165, 1.54) is 49.3 Å². The van der Waals surface area contributed by atoms with Gasteiger partial charge in [0.2, 0.25) is 0 Å². The molecule has 0 radical (unpaired) electrons. The van der Waals surface area contributed by atoms with Crippen molar-refractivity contribution in [3.8, 4) is 0 Å². The van der Waals surface area contributed by atoms with E-state index in [0.717, 1.165) is 10.5 Å². The number of halogens is 4. The summed E-state index contributed by atoms with van der Waals surface area (Å²) in [6.07, 6.45) is 1.52. The van der Waals surface area contributed by atoms with Gasteiger partial charge in [-0.05, 0) is 43.7 Å². The molecule has 0 N–H and O–H groups in total. The third-order valence-electron chi connectivity index (χ3n) is 5.63. The Morgan fingerprint density at radius 1 is 1.09 bits per heavy atom. The van der Waals surface area contributed by atoms with E-state index in [9.17, 15) is 9.18 Å². The van der Waals surface area contributed by atoms with E-state index in [2.05, 4.69) is 4.98 Å². The summed E-state index contributed by atoms with van der Waals surface area (Å²) in [7, 11) is 1.36. The molecule has 8 heteroatoms. The van der Waals surface area contributed by atoms with Crippen molar-refractivity contribution in [1.29, 1.82) is 0 Å². The van der Waals surface area contributed by atoms with Crippen molar-refractivity contribution in [2.45, 2.75) is 29.6 Å². The summed E-state index contributed by atoms with van der Waals surface area (Å²) in [5.74, 6) is -4.37. The second kappa shape index (κ2) is 9.91. The Labute approximate surface area is 210 Å². The summed E-state index contributed by atoms with van der Waals surface area (Å²) in [6, 6.07) is 16.0. The van der Waals surface area contributed by atoms with E-state index in [1.807, 2.05) is 6.92 Å². The first-order valence-electron chi connectivity index (χ1n) is 10.8. The third kappa shape index (κ3) is 5.31. The number of hydrogen-bond acceptors (Lipinski definition) is 3. The highest BCUT2D eigenvalue weighted by Crippen LogP contribution is 2.37. The molecule has 0 spiro atoms. The van der Waals surface area contributed by atoms with Gasteiger partial charge in [0.25, 0.3) is 11.8 Å². The minimum absolute atomic E-state index is 0.0538. The second-order valence-electron chi connectivity index (χ2n) is 8.38. The van der Waals surface area contributed by atoms with Crippen molar-refractivity contribution in [2.24, 2.45) is 0 Å². The van der Waals surface area contributed by atoms with E-state index in [1.54, 1.807) is 43.3 Å². The molecule has 0 saturated carbocycles. The molecule has 0 atom stereocenters. The number of likely N-dealkylation sites (N-methyl/N-ethyl adjacent to an activating group) is 1. The van der Waals surface area contributed by atoms with Crippen molar-refractivity contribution in [3.05, 3.63) is 100.0 Å². The van der Waals surface area contributed by atoms with Crippen molar-refractivity contribution in [1.82, 2.24) is 9.88 Å². The van der Waals surface area contributed by atoms with Gasteiger partial charge in [0.05, 0.1) is 22.6 Å². The summed E-state index contributed by atoms with van der Waals surface area (Å²) in [4.78, 5) is 20.1. The molecule has 0 unspecified atom stereocenters. The summed E-state index contributed by atoms with van der Waals surface area (Å²) < 4.78 is 44.1. The molecule has 1 heterocycles. The molecule has 4 aromatic rings.